The second kappa shape index (κ2) is 6.72. The van der Waals surface area contributed by atoms with Crippen LogP contribution in [-0.4, -0.2) is 43.1 Å². The van der Waals surface area contributed by atoms with Crippen LogP contribution in [0.4, 0.5) is 5.69 Å². The van der Waals surface area contributed by atoms with Crippen molar-refractivity contribution in [2.75, 3.05) is 32.1 Å². The predicted molar refractivity (Wildman–Crippen MR) is 81.0 cm³/mol. The number of likely N-dealkylation sites (N-methyl/N-ethyl adjacent to an activating group) is 1. The molecule has 2 rings (SSSR count). The van der Waals surface area contributed by atoms with E-state index in [0.717, 1.165) is 5.69 Å². The van der Waals surface area contributed by atoms with Crippen LogP contribution in [0.5, 0.6) is 0 Å². The molecule has 0 atom stereocenters. The van der Waals surface area contributed by atoms with Crippen molar-refractivity contribution in [2.24, 2.45) is 0 Å². The highest BCUT2D eigenvalue weighted by atomic mass is 35.5. The zero-order chi connectivity index (χ0) is 13.8. The maximum absolute atomic E-state index is 5.93. The minimum atomic E-state index is -0.229. The molecule has 1 aliphatic rings. The third-order valence-corrected chi connectivity index (χ3v) is 3.42. The number of benzene rings is 1. The Labute approximate surface area is 127 Å². The van der Waals surface area contributed by atoms with E-state index in [-0.39, 0.29) is 6.29 Å². The number of rotatable bonds is 3. The molecule has 0 aliphatic carbocycles. The Bertz CT molecular complexity index is 447. The van der Waals surface area contributed by atoms with E-state index in [1.54, 1.807) is 18.2 Å². The van der Waals surface area contributed by atoms with Crippen LogP contribution >= 0.6 is 35.4 Å². The van der Waals surface area contributed by atoms with Crippen molar-refractivity contribution in [1.82, 2.24) is 4.90 Å². The molecule has 104 valence electrons. The molecule has 7 heteroatoms. The molecular formula is C12H14Cl2N2O2S. The molecule has 4 nitrogen and oxygen atoms in total. The molecule has 0 aromatic heterocycles. The zero-order valence-electron chi connectivity index (χ0n) is 10.4. The summed E-state index contributed by atoms with van der Waals surface area (Å²) in [5.74, 6) is 0. The lowest BCUT2D eigenvalue weighted by atomic mass is 10.3. The normalized spacial score (nSPS) is 15.5. The molecule has 1 aliphatic heterocycles. The number of ether oxygens (including phenoxy) is 2. The van der Waals surface area contributed by atoms with Crippen molar-refractivity contribution < 1.29 is 9.47 Å². The van der Waals surface area contributed by atoms with Gasteiger partial charge in [-0.05, 0) is 30.4 Å². The SMILES string of the molecule is CN(CC1OCCO1)C(=S)Nc1cc(Cl)cc(Cl)c1. The van der Waals surface area contributed by atoms with Gasteiger partial charge in [0.1, 0.15) is 0 Å². The van der Waals surface area contributed by atoms with Crippen LogP contribution in [0.25, 0.3) is 0 Å². The molecule has 1 saturated heterocycles. The summed E-state index contributed by atoms with van der Waals surface area (Å²) in [6, 6.07) is 5.19. The van der Waals surface area contributed by atoms with Gasteiger partial charge in [-0.25, -0.2) is 0 Å². The summed E-state index contributed by atoms with van der Waals surface area (Å²) in [6.07, 6.45) is -0.229. The smallest absolute Gasteiger partial charge is 0.175 e. The number of nitrogens with zero attached hydrogens (tertiary/aromatic N) is 1. The van der Waals surface area contributed by atoms with Crippen molar-refractivity contribution in [3.05, 3.63) is 28.2 Å². The van der Waals surface area contributed by atoms with Crippen LogP contribution in [-0.2, 0) is 9.47 Å². The van der Waals surface area contributed by atoms with Crippen molar-refractivity contribution in [3.8, 4) is 0 Å². The summed E-state index contributed by atoms with van der Waals surface area (Å²) >= 11 is 17.2. The Balaban J connectivity index is 1.91. The first-order chi connectivity index (χ1) is 9.04. The van der Waals surface area contributed by atoms with E-state index in [0.29, 0.717) is 34.9 Å². The molecular weight excluding hydrogens is 307 g/mol. The van der Waals surface area contributed by atoms with Gasteiger partial charge >= 0.3 is 0 Å². The van der Waals surface area contributed by atoms with Crippen LogP contribution in [0.3, 0.4) is 0 Å². The Morgan fingerprint density at radius 2 is 1.89 bits per heavy atom. The number of anilines is 1. The fraction of sp³-hybridized carbons (Fsp3) is 0.417. The first kappa shape index (κ1) is 14.8. The van der Waals surface area contributed by atoms with Gasteiger partial charge < -0.3 is 19.7 Å². The van der Waals surface area contributed by atoms with E-state index in [4.69, 9.17) is 44.9 Å². The summed E-state index contributed by atoms with van der Waals surface area (Å²) in [5, 5.41) is 4.74. The Hall–Kier alpha value is -0.590. The van der Waals surface area contributed by atoms with Gasteiger partial charge in [0.25, 0.3) is 0 Å². The summed E-state index contributed by atoms with van der Waals surface area (Å²) < 4.78 is 10.7. The van der Waals surface area contributed by atoms with E-state index in [9.17, 15) is 0 Å². The minimum absolute atomic E-state index is 0.229. The zero-order valence-corrected chi connectivity index (χ0v) is 12.7. The predicted octanol–water partition coefficient (Wildman–Crippen LogP) is 2.99. The van der Waals surface area contributed by atoms with Gasteiger partial charge in [-0.15, -0.1) is 0 Å². The molecule has 0 spiro atoms. The van der Waals surface area contributed by atoms with E-state index in [1.807, 2.05) is 11.9 Å². The van der Waals surface area contributed by atoms with Gasteiger partial charge in [0.2, 0.25) is 0 Å². The highest BCUT2D eigenvalue weighted by Crippen LogP contribution is 2.22. The van der Waals surface area contributed by atoms with Crippen molar-refractivity contribution in [1.29, 1.82) is 0 Å². The maximum Gasteiger partial charge on any atom is 0.175 e. The summed E-state index contributed by atoms with van der Waals surface area (Å²) in [5.41, 5.74) is 0.752. The molecule has 0 amide bonds. The third kappa shape index (κ3) is 4.47. The van der Waals surface area contributed by atoms with Gasteiger partial charge in [0, 0.05) is 22.8 Å². The first-order valence-electron chi connectivity index (χ1n) is 5.76. The van der Waals surface area contributed by atoms with Crippen LogP contribution in [0.15, 0.2) is 18.2 Å². The molecule has 1 aromatic carbocycles. The van der Waals surface area contributed by atoms with Crippen LogP contribution in [0.1, 0.15) is 0 Å². The van der Waals surface area contributed by atoms with Crippen LogP contribution in [0.2, 0.25) is 10.0 Å². The fourth-order valence-corrected chi connectivity index (χ4v) is 2.38. The summed E-state index contributed by atoms with van der Waals surface area (Å²) in [6.45, 7) is 1.82. The Morgan fingerprint density at radius 3 is 2.47 bits per heavy atom. The standard InChI is InChI=1S/C12H14Cl2N2O2S/c1-16(7-11-17-2-3-18-11)12(19)15-10-5-8(13)4-9(14)6-10/h4-6,11H,2-3,7H2,1H3,(H,15,19). The monoisotopic (exact) mass is 320 g/mol. The molecule has 0 saturated carbocycles. The van der Waals surface area contributed by atoms with E-state index in [1.165, 1.54) is 0 Å². The molecule has 0 unspecified atom stereocenters. The second-order valence-electron chi connectivity index (χ2n) is 4.14. The summed E-state index contributed by atoms with van der Waals surface area (Å²) in [7, 11) is 1.87. The lowest BCUT2D eigenvalue weighted by Gasteiger charge is -2.23. The maximum atomic E-state index is 5.93. The number of nitrogens with one attached hydrogen (secondary N) is 1. The van der Waals surface area contributed by atoms with Crippen molar-refractivity contribution in [3.63, 3.8) is 0 Å². The average Bonchev–Trinajstić information content (AvgIpc) is 2.80. The van der Waals surface area contributed by atoms with Gasteiger partial charge in [0.05, 0.1) is 19.8 Å². The molecule has 0 bridgehead atoms. The van der Waals surface area contributed by atoms with Gasteiger partial charge in [-0.3, -0.25) is 0 Å². The Kier molecular flexibility index (Phi) is 5.24. The molecule has 1 fully saturated rings. The average molecular weight is 321 g/mol. The summed E-state index contributed by atoms with van der Waals surface area (Å²) in [4.78, 5) is 1.85. The molecule has 19 heavy (non-hydrogen) atoms. The van der Waals surface area contributed by atoms with Crippen LogP contribution in [0, 0.1) is 0 Å². The minimum Gasteiger partial charge on any atom is -0.348 e. The number of halogens is 2. The highest BCUT2D eigenvalue weighted by Gasteiger charge is 2.19. The lowest BCUT2D eigenvalue weighted by Crippen LogP contribution is -2.37. The molecule has 1 N–H and O–H groups in total. The quantitative estimate of drug-likeness (QED) is 0.866. The first-order valence-corrected chi connectivity index (χ1v) is 6.92. The van der Waals surface area contributed by atoms with Crippen molar-refractivity contribution in [2.45, 2.75) is 6.29 Å². The van der Waals surface area contributed by atoms with E-state index in [2.05, 4.69) is 5.32 Å². The van der Waals surface area contributed by atoms with Crippen LogP contribution < -0.4 is 5.32 Å². The molecule has 0 radical (unpaired) electrons. The second-order valence-corrected chi connectivity index (χ2v) is 5.40. The fourth-order valence-electron chi connectivity index (χ4n) is 1.66. The van der Waals surface area contributed by atoms with Gasteiger partial charge in [0.15, 0.2) is 11.4 Å². The highest BCUT2D eigenvalue weighted by molar-refractivity contribution is 7.80. The van der Waals surface area contributed by atoms with Gasteiger partial charge in [-0.2, -0.15) is 0 Å². The topological polar surface area (TPSA) is 33.7 Å². The third-order valence-electron chi connectivity index (χ3n) is 2.57. The number of thiocarbonyl (C=S) groups is 1. The largest absolute Gasteiger partial charge is 0.348 e. The number of hydrogen-bond donors (Lipinski definition) is 1. The van der Waals surface area contributed by atoms with E-state index >= 15 is 0 Å². The van der Waals surface area contributed by atoms with Crippen molar-refractivity contribution >= 4 is 46.2 Å². The Morgan fingerprint density at radius 1 is 1.32 bits per heavy atom. The number of hydrogen-bond acceptors (Lipinski definition) is 3. The van der Waals surface area contributed by atoms with Gasteiger partial charge in [-0.1, -0.05) is 23.2 Å². The van der Waals surface area contributed by atoms with E-state index < -0.39 is 0 Å². The molecule has 1 aromatic rings. The molecule has 1 heterocycles. The lowest BCUT2D eigenvalue weighted by molar-refractivity contribution is -0.0495.